The fraction of sp³-hybridized carbons (Fsp3) is 0.333. The van der Waals surface area contributed by atoms with Crippen LogP contribution < -0.4 is 21.2 Å². The lowest BCUT2D eigenvalue weighted by atomic mass is 10.2. The maximum absolute atomic E-state index is 13.4. The molecule has 2 heterocycles. The summed E-state index contributed by atoms with van der Waals surface area (Å²) in [7, 11) is 1.65. The number of amides is 1. The maximum Gasteiger partial charge on any atom is 0.573 e. The summed E-state index contributed by atoms with van der Waals surface area (Å²) < 4.78 is 59.1. The number of alkyl halides is 3. The Hall–Kier alpha value is -3.48. The minimum atomic E-state index is -5.03. The molecule has 1 aromatic carbocycles. The molecule has 13 heteroatoms. The highest BCUT2D eigenvalue weighted by Crippen LogP contribution is 2.30. The van der Waals surface area contributed by atoms with Crippen molar-refractivity contribution in [2.75, 3.05) is 20.1 Å². The van der Waals surface area contributed by atoms with E-state index in [1.54, 1.807) is 7.05 Å². The number of nitrogens with two attached hydrogens (primary N) is 1. The number of nitrogens with one attached hydrogen (secondary N) is 2. The fourth-order valence-corrected chi connectivity index (χ4v) is 2.50. The van der Waals surface area contributed by atoms with Crippen LogP contribution in [0.3, 0.4) is 0 Å². The van der Waals surface area contributed by atoms with Crippen molar-refractivity contribution in [3.05, 3.63) is 36.1 Å². The van der Waals surface area contributed by atoms with Gasteiger partial charge in [0.15, 0.2) is 17.3 Å². The summed E-state index contributed by atoms with van der Waals surface area (Å²) in [6.45, 7) is 1.43. The van der Waals surface area contributed by atoms with Crippen LogP contribution >= 0.6 is 0 Å². The Labute approximate surface area is 174 Å². The number of nitrogens with zero attached hydrogens (tertiary/aromatic N) is 3. The van der Waals surface area contributed by atoms with Gasteiger partial charge in [-0.15, -0.1) is 13.2 Å². The van der Waals surface area contributed by atoms with Crippen LogP contribution in [0.15, 0.2) is 38.9 Å². The number of oxazole rings is 1. The monoisotopic (exact) mass is 444 g/mol. The number of hydrogen-bond donors (Lipinski definition) is 3. The third-order valence-corrected chi connectivity index (χ3v) is 3.84. The molecule has 0 aliphatic carbocycles. The number of halogens is 4. The molecule has 1 atom stereocenters. The Morgan fingerprint density at radius 1 is 1.42 bits per heavy atom. The number of benzene rings is 1. The van der Waals surface area contributed by atoms with Crippen LogP contribution in [-0.4, -0.2) is 55.9 Å². The number of ether oxygens (including phenoxy) is 1. The van der Waals surface area contributed by atoms with Crippen molar-refractivity contribution >= 4 is 18.3 Å². The highest BCUT2D eigenvalue weighted by atomic mass is 19.4. The van der Waals surface area contributed by atoms with E-state index in [2.05, 4.69) is 30.4 Å². The summed E-state index contributed by atoms with van der Waals surface area (Å²) in [5, 5.41) is 8.95. The average Bonchev–Trinajstić information content (AvgIpc) is 3.39. The molecule has 3 rings (SSSR count). The van der Waals surface area contributed by atoms with Gasteiger partial charge in [0.05, 0.1) is 12.4 Å². The van der Waals surface area contributed by atoms with Crippen LogP contribution in [0.1, 0.15) is 17.1 Å². The number of hydrazone groups is 1. The molecule has 0 bridgehead atoms. The molecule has 0 spiro atoms. The quantitative estimate of drug-likeness (QED) is 0.281. The van der Waals surface area contributed by atoms with Crippen molar-refractivity contribution in [1.82, 2.24) is 15.6 Å². The van der Waals surface area contributed by atoms with Crippen LogP contribution in [0.4, 0.5) is 17.6 Å². The van der Waals surface area contributed by atoms with Gasteiger partial charge in [0.1, 0.15) is 0 Å². The summed E-state index contributed by atoms with van der Waals surface area (Å²) in [6.07, 6.45) is -0.150. The third-order valence-electron chi connectivity index (χ3n) is 3.84. The fourth-order valence-electron chi connectivity index (χ4n) is 2.50. The summed E-state index contributed by atoms with van der Waals surface area (Å²) in [4.78, 5) is 19.4. The van der Waals surface area contributed by atoms with Crippen molar-refractivity contribution in [2.24, 2.45) is 15.9 Å². The molecule has 1 saturated heterocycles. The number of aliphatic imine (C=N–C) groups is 1. The molecule has 31 heavy (non-hydrogen) atoms. The SMILES string of the molecule is CN=C/C=N\N.O=C(NC1CCNC1)c1ncc(-c2ccc(F)c(OC(F)(F)F)c2)o1. The second kappa shape index (κ2) is 11.1. The molecule has 2 aromatic rings. The first-order valence-electron chi connectivity index (χ1n) is 8.90. The van der Waals surface area contributed by atoms with E-state index in [0.717, 1.165) is 25.1 Å². The smallest absolute Gasteiger partial charge is 0.432 e. The number of carbonyl (C=O) groups excluding carboxylic acids is 1. The van der Waals surface area contributed by atoms with Gasteiger partial charge in [0.25, 0.3) is 5.89 Å². The van der Waals surface area contributed by atoms with Gasteiger partial charge in [-0.2, -0.15) is 5.10 Å². The Kier molecular flexibility index (Phi) is 8.49. The second-order valence-corrected chi connectivity index (χ2v) is 6.09. The van der Waals surface area contributed by atoms with E-state index in [1.165, 1.54) is 24.7 Å². The van der Waals surface area contributed by atoms with Gasteiger partial charge >= 0.3 is 12.3 Å². The second-order valence-electron chi connectivity index (χ2n) is 6.09. The lowest BCUT2D eigenvalue weighted by molar-refractivity contribution is -0.275. The molecule has 1 unspecified atom stereocenters. The predicted octanol–water partition coefficient (Wildman–Crippen LogP) is 2.10. The number of rotatable bonds is 5. The Morgan fingerprint density at radius 2 is 2.19 bits per heavy atom. The van der Waals surface area contributed by atoms with Crippen molar-refractivity contribution in [3.8, 4) is 17.1 Å². The molecule has 0 radical (unpaired) electrons. The first-order chi connectivity index (χ1) is 14.7. The van der Waals surface area contributed by atoms with Crippen LogP contribution in [0.25, 0.3) is 11.3 Å². The molecular weight excluding hydrogens is 424 g/mol. The lowest BCUT2D eigenvalue weighted by Crippen LogP contribution is -2.36. The average molecular weight is 444 g/mol. The molecule has 168 valence electrons. The summed E-state index contributed by atoms with van der Waals surface area (Å²) in [5.41, 5.74) is 0.0923. The van der Waals surface area contributed by atoms with Gasteiger partial charge < -0.3 is 25.6 Å². The highest BCUT2D eigenvalue weighted by Gasteiger charge is 2.32. The van der Waals surface area contributed by atoms with Gasteiger partial charge in [0.2, 0.25) is 0 Å². The number of hydrogen-bond acceptors (Lipinski definition) is 8. The van der Waals surface area contributed by atoms with Gasteiger partial charge in [-0.05, 0) is 31.2 Å². The van der Waals surface area contributed by atoms with E-state index < -0.39 is 23.8 Å². The maximum atomic E-state index is 13.4. The normalized spacial score (nSPS) is 16.4. The van der Waals surface area contributed by atoms with Crippen LogP contribution in [0.2, 0.25) is 0 Å². The number of carbonyl (C=O) groups is 1. The minimum absolute atomic E-state index is 0.0155. The van der Waals surface area contributed by atoms with Gasteiger partial charge in [-0.1, -0.05) is 0 Å². The highest BCUT2D eigenvalue weighted by molar-refractivity contribution is 6.15. The molecule has 1 fully saturated rings. The van der Waals surface area contributed by atoms with Gasteiger partial charge in [0, 0.05) is 31.4 Å². The van der Waals surface area contributed by atoms with E-state index >= 15 is 0 Å². The summed E-state index contributed by atoms with van der Waals surface area (Å²) in [5.74, 6) is 1.77. The first kappa shape index (κ1) is 23.8. The molecular formula is C18H20F4N6O3. The molecule has 1 amide bonds. The predicted molar refractivity (Wildman–Crippen MR) is 104 cm³/mol. The molecule has 1 aliphatic rings. The van der Waals surface area contributed by atoms with E-state index in [4.69, 9.17) is 10.3 Å². The molecule has 1 aliphatic heterocycles. The van der Waals surface area contributed by atoms with Crippen molar-refractivity contribution in [2.45, 2.75) is 18.8 Å². The molecule has 1 aromatic heterocycles. The van der Waals surface area contributed by atoms with Crippen LogP contribution in [0.5, 0.6) is 5.75 Å². The number of aromatic nitrogens is 1. The van der Waals surface area contributed by atoms with Crippen molar-refractivity contribution in [1.29, 1.82) is 0 Å². The molecule has 4 N–H and O–H groups in total. The standard InChI is InChI=1S/C15H13F4N3O3.C3H7N3/c16-10-2-1-8(5-11(10)25-15(17,18)19)12-7-21-14(24-12)13(23)22-9-3-4-20-6-9;1-5-2-3-6-4/h1-2,5,7,9,20H,3-4,6H2,(H,22,23);2-3H,4H2,1H3/b;5-2?,6-3-. The largest absolute Gasteiger partial charge is 0.573 e. The van der Waals surface area contributed by atoms with Crippen LogP contribution in [-0.2, 0) is 0 Å². The summed E-state index contributed by atoms with van der Waals surface area (Å²) >= 11 is 0. The topological polar surface area (TPSA) is 127 Å². The van der Waals surface area contributed by atoms with Crippen molar-refractivity contribution < 1.29 is 31.5 Å². The first-order valence-corrected chi connectivity index (χ1v) is 8.90. The Balaban J connectivity index is 0.000000501. The Morgan fingerprint density at radius 3 is 2.77 bits per heavy atom. The zero-order valence-electron chi connectivity index (χ0n) is 16.3. The lowest BCUT2D eigenvalue weighted by Gasteiger charge is -2.10. The third kappa shape index (κ3) is 7.70. The molecule has 9 nitrogen and oxygen atoms in total. The van der Waals surface area contributed by atoms with E-state index in [-0.39, 0.29) is 23.3 Å². The van der Waals surface area contributed by atoms with Crippen molar-refractivity contribution in [3.63, 3.8) is 0 Å². The van der Waals surface area contributed by atoms with Gasteiger partial charge in [-0.3, -0.25) is 9.79 Å². The Bertz CT molecular complexity index is 913. The minimum Gasteiger partial charge on any atom is -0.432 e. The zero-order chi connectivity index (χ0) is 22.9. The zero-order valence-corrected chi connectivity index (χ0v) is 16.3. The summed E-state index contributed by atoms with van der Waals surface area (Å²) in [6, 6.07) is 2.79. The van der Waals surface area contributed by atoms with E-state index in [1.807, 2.05) is 0 Å². The van der Waals surface area contributed by atoms with Crippen LogP contribution in [0, 0.1) is 5.82 Å². The molecule has 0 saturated carbocycles. The van der Waals surface area contributed by atoms with E-state index in [9.17, 15) is 22.4 Å². The van der Waals surface area contributed by atoms with Gasteiger partial charge in [-0.25, -0.2) is 9.37 Å². The van der Waals surface area contributed by atoms with E-state index in [0.29, 0.717) is 6.54 Å².